The summed E-state index contributed by atoms with van der Waals surface area (Å²) >= 11 is 0. The Morgan fingerprint density at radius 3 is 1.21 bits per heavy atom. The third-order valence-electron chi connectivity index (χ3n) is 10.7. The van der Waals surface area contributed by atoms with Crippen molar-refractivity contribution in [3.05, 3.63) is 97.2 Å². The molecule has 63 heavy (non-hydrogen) atoms. The smallest absolute Gasteiger partial charge is 0.306 e. The zero-order valence-corrected chi connectivity index (χ0v) is 40.8. The minimum atomic E-state index is -0.817. The van der Waals surface area contributed by atoms with Crippen LogP contribution in [0.2, 0.25) is 0 Å². The van der Waals surface area contributed by atoms with E-state index in [1.807, 2.05) is 66.8 Å². The fourth-order valence-electron chi connectivity index (χ4n) is 6.88. The fourth-order valence-corrected chi connectivity index (χ4v) is 6.88. The molecule has 0 radical (unpaired) electrons. The van der Waals surface area contributed by atoms with Crippen LogP contribution in [-0.2, 0) is 28.6 Å². The normalized spacial score (nSPS) is 12.9. The molecule has 0 saturated carbocycles. The van der Waals surface area contributed by atoms with E-state index in [-0.39, 0.29) is 37.5 Å². The van der Waals surface area contributed by atoms with Crippen molar-refractivity contribution in [3.63, 3.8) is 0 Å². The highest BCUT2D eigenvalue weighted by Gasteiger charge is 2.19. The van der Waals surface area contributed by atoms with E-state index in [1.54, 1.807) is 0 Å². The molecule has 0 aliphatic heterocycles. The van der Waals surface area contributed by atoms with Crippen molar-refractivity contribution >= 4 is 17.9 Å². The minimum Gasteiger partial charge on any atom is -0.462 e. The van der Waals surface area contributed by atoms with Crippen molar-refractivity contribution in [1.82, 2.24) is 0 Å². The van der Waals surface area contributed by atoms with Gasteiger partial charge in [-0.05, 0) is 57.8 Å². The molecule has 6 nitrogen and oxygen atoms in total. The second-order valence-electron chi connectivity index (χ2n) is 16.9. The molecule has 0 fully saturated rings. The number of rotatable bonds is 45. The van der Waals surface area contributed by atoms with Crippen molar-refractivity contribution in [2.75, 3.05) is 13.2 Å². The molecule has 0 amide bonds. The van der Waals surface area contributed by atoms with Gasteiger partial charge in [0.05, 0.1) is 0 Å². The van der Waals surface area contributed by atoms with Crippen LogP contribution in [0.15, 0.2) is 97.2 Å². The van der Waals surface area contributed by atoms with Crippen LogP contribution in [0.4, 0.5) is 0 Å². The van der Waals surface area contributed by atoms with Gasteiger partial charge >= 0.3 is 17.9 Å². The average Bonchev–Trinajstić information content (AvgIpc) is 3.28. The van der Waals surface area contributed by atoms with Gasteiger partial charge in [0.1, 0.15) is 13.2 Å². The third kappa shape index (κ3) is 49.2. The molecule has 0 spiro atoms. The Morgan fingerprint density at radius 1 is 0.349 bits per heavy atom. The molecule has 6 heteroatoms. The molecule has 1 unspecified atom stereocenters. The van der Waals surface area contributed by atoms with Crippen LogP contribution in [0.25, 0.3) is 0 Å². The number of unbranched alkanes of at least 4 members (excludes halogenated alkanes) is 23. The summed E-state index contributed by atoms with van der Waals surface area (Å²) in [5, 5.41) is 0. The lowest BCUT2D eigenvalue weighted by Crippen LogP contribution is -2.30. The number of carbonyl (C=O) groups is 3. The number of carbonyl (C=O) groups excluding carboxylic acids is 3. The number of esters is 3. The van der Waals surface area contributed by atoms with Crippen LogP contribution < -0.4 is 0 Å². The van der Waals surface area contributed by atoms with Gasteiger partial charge in [0.25, 0.3) is 0 Å². The number of allylic oxidation sites excluding steroid dienone is 16. The van der Waals surface area contributed by atoms with Gasteiger partial charge in [-0.25, -0.2) is 0 Å². The van der Waals surface area contributed by atoms with Gasteiger partial charge in [0.15, 0.2) is 6.10 Å². The summed E-state index contributed by atoms with van der Waals surface area (Å²) in [7, 11) is 0. The highest BCUT2D eigenvalue weighted by molar-refractivity contribution is 5.71. The lowest BCUT2D eigenvalue weighted by molar-refractivity contribution is -0.166. The van der Waals surface area contributed by atoms with Crippen LogP contribution in [0.3, 0.4) is 0 Å². The Labute approximate surface area is 387 Å². The quantitative estimate of drug-likeness (QED) is 0.0199. The summed E-state index contributed by atoms with van der Waals surface area (Å²) in [6, 6.07) is 0. The molecule has 0 heterocycles. The largest absolute Gasteiger partial charge is 0.462 e. The molecule has 0 bridgehead atoms. The fraction of sp³-hybridized carbons (Fsp3) is 0.667. The third-order valence-corrected chi connectivity index (χ3v) is 10.7. The van der Waals surface area contributed by atoms with Crippen LogP contribution in [0, 0.1) is 0 Å². The van der Waals surface area contributed by atoms with E-state index >= 15 is 0 Å². The number of hydrogen-bond acceptors (Lipinski definition) is 6. The number of ether oxygens (including phenoxy) is 3. The maximum Gasteiger partial charge on any atom is 0.306 e. The first kappa shape index (κ1) is 59.3. The first-order valence-corrected chi connectivity index (χ1v) is 25.8. The molecule has 1 atom stereocenters. The SMILES string of the molecule is CC/C=C/C=C/C=C/C=C/C=C/C=C/CCCCCC(=O)OCC(COC(=O)CC/C=C/C/C=C/CCCCCCCC)OC(=O)CCCCCCCCCCCCCCCCC. The van der Waals surface area contributed by atoms with Gasteiger partial charge in [-0.15, -0.1) is 0 Å². The van der Waals surface area contributed by atoms with Gasteiger partial charge in [-0.3, -0.25) is 14.4 Å². The summed E-state index contributed by atoms with van der Waals surface area (Å²) in [5.41, 5.74) is 0. The summed E-state index contributed by atoms with van der Waals surface area (Å²) in [5.74, 6) is -1.03. The molecule has 0 aliphatic rings. The summed E-state index contributed by atoms with van der Waals surface area (Å²) in [4.78, 5) is 37.9. The van der Waals surface area contributed by atoms with Crippen molar-refractivity contribution in [2.45, 2.75) is 232 Å². The van der Waals surface area contributed by atoms with E-state index in [9.17, 15) is 14.4 Å². The molecule has 0 aliphatic carbocycles. The minimum absolute atomic E-state index is 0.117. The van der Waals surface area contributed by atoms with Crippen molar-refractivity contribution in [1.29, 1.82) is 0 Å². The lowest BCUT2D eigenvalue weighted by Gasteiger charge is -2.18. The van der Waals surface area contributed by atoms with E-state index in [0.29, 0.717) is 19.3 Å². The van der Waals surface area contributed by atoms with Crippen LogP contribution in [0.5, 0.6) is 0 Å². The predicted octanol–water partition coefficient (Wildman–Crippen LogP) is 17.0. The maximum atomic E-state index is 12.8. The standard InChI is InChI=1S/C57H94O6/c1-4-7-10-13-16-19-22-25-27-28-30-32-35-38-41-44-47-50-56(59)62-53-54(52-61-55(58)49-46-43-40-37-34-31-24-21-18-15-12-9-6-3)63-57(60)51-48-45-42-39-36-33-29-26-23-20-17-14-11-8-5-2/h7,10,13,16,19,22,25,27-28,30-32,34-35,40,43,54H,4-6,8-9,11-12,14-15,17-18,20-21,23-24,26,29,33,36-39,41-42,44-53H2,1-3H3/b10-7+,16-13+,22-19+,27-25+,30-28+,34-31+,35-32+,43-40+. The lowest BCUT2D eigenvalue weighted by atomic mass is 10.0. The van der Waals surface area contributed by atoms with E-state index < -0.39 is 6.10 Å². The van der Waals surface area contributed by atoms with Crippen molar-refractivity contribution in [3.8, 4) is 0 Å². The molecule has 0 aromatic heterocycles. The maximum absolute atomic E-state index is 12.8. The molecule has 0 rings (SSSR count). The Kier molecular flexibility index (Phi) is 48.0. The van der Waals surface area contributed by atoms with Gasteiger partial charge in [-0.2, -0.15) is 0 Å². The second kappa shape index (κ2) is 51.0. The average molecular weight is 875 g/mol. The van der Waals surface area contributed by atoms with E-state index in [1.165, 1.54) is 116 Å². The van der Waals surface area contributed by atoms with Crippen LogP contribution in [0.1, 0.15) is 226 Å². The highest BCUT2D eigenvalue weighted by Crippen LogP contribution is 2.15. The highest BCUT2D eigenvalue weighted by atomic mass is 16.6. The first-order valence-electron chi connectivity index (χ1n) is 25.8. The van der Waals surface area contributed by atoms with Crippen LogP contribution >= 0.6 is 0 Å². The molecule has 0 aromatic carbocycles. The molecular formula is C57H94O6. The molecule has 0 N–H and O–H groups in total. The topological polar surface area (TPSA) is 78.9 Å². The molecule has 358 valence electrons. The van der Waals surface area contributed by atoms with E-state index in [0.717, 1.165) is 64.2 Å². The molecular weight excluding hydrogens is 781 g/mol. The molecule has 0 aromatic rings. The van der Waals surface area contributed by atoms with Gasteiger partial charge in [-0.1, -0.05) is 246 Å². The Morgan fingerprint density at radius 2 is 0.714 bits per heavy atom. The van der Waals surface area contributed by atoms with Crippen LogP contribution in [-0.4, -0.2) is 37.2 Å². The van der Waals surface area contributed by atoms with Gasteiger partial charge < -0.3 is 14.2 Å². The monoisotopic (exact) mass is 875 g/mol. The number of hydrogen-bond donors (Lipinski definition) is 0. The van der Waals surface area contributed by atoms with Crippen molar-refractivity contribution in [2.24, 2.45) is 0 Å². The van der Waals surface area contributed by atoms with Gasteiger partial charge in [0.2, 0.25) is 0 Å². The Balaban J connectivity index is 4.53. The van der Waals surface area contributed by atoms with Crippen molar-refractivity contribution < 1.29 is 28.6 Å². The summed E-state index contributed by atoms with van der Waals surface area (Å²) < 4.78 is 16.7. The molecule has 0 saturated heterocycles. The van der Waals surface area contributed by atoms with E-state index in [2.05, 4.69) is 51.2 Å². The Hall–Kier alpha value is -3.67. The summed E-state index contributed by atoms with van der Waals surface area (Å²) in [6.07, 6.45) is 66.8. The Bertz CT molecular complexity index is 1280. The second-order valence-corrected chi connectivity index (χ2v) is 16.9. The van der Waals surface area contributed by atoms with Gasteiger partial charge in [0, 0.05) is 19.3 Å². The van der Waals surface area contributed by atoms with E-state index in [4.69, 9.17) is 14.2 Å². The first-order chi connectivity index (χ1) is 31.0. The predicted molar refractivity (Wildman–Crippen MR) is 270 cm³/mol. The zero-order valence-electron chi connectivity index (χ0n) is 40.8. The summed E-state index contributed by atoms with van der Waals surface area (Å²) in [6.45, 7) is 6.39. The zero-order chi connectivity index (χ0) is 45.8.